The van der Waals surface area contributed by atoms with Crippen LogP contribution in [0.5, 0.6) is 0 Å². The molecule has 17 heavy (non-hydrogen) atoms. The number of hydrogen-bond donors (Lipinski definition) is 0. The summed E-state index contributed by atoms with van der Waals surface area (Å²) in [5.74, 6) is 1.93. The van der Waals surface area contributed by atoms with Crippen LogP contribution in [-0.4, -0.2) is 29.8 Å². The standard InChI is InChI=1S/C15H29NO/c1-6-7-16(11(2)3)10-14-13(5)8-12(4)9-15(14)17/h11-14H,6-10H2,1-5H3. The summed E-state index contributed by atoms with van der Waals surface area (Å²) in [7, 11) is 0. The minimum atomic E-state index is 0.278. The van der Waals surface area contributed by atoms with Crippen LogP contribution in [0.2, 0.25) is 0 Å². The second-order valence-electron chi connectivity index (χ2n) is 6.18. The molecule has 1 aliphatic carbocycles. The van der Waals surface area contributed by atoms with E-state index in [-0.39, 0.29) is 5.92 Å². The van der Waals surface area contributed by atoms with E-state index in [1.165, 1.54) is 12.8 Å². The van der Waals surface area contributed by atoms with Gasteiger partial charge in [-0.15, -0.1) is 0 Å². The molecule has 1 saturated carbocycles. The van der Waals surface area contributed by atoms with Crippen LogP contribution in [0.25, 0.3) is 0 Å². The first-order valence-electron chi connectivity index (χ1n) is 7.22. The first-order valence-corrected chi connectivity index (χ1v) is 7.22. The normalized spacial score (nSPS) is 30.3. The smallest absolute Gasteiger partial charge is 0.137 e. The van der Waals surface area contributed by atoms with Crippen molar-refractivity contribution in [2.45, 2.75) is 59.9 Å². The molecule has 0 aromatic heterocycles. The summed E-state index contributed by atoms with van der Waals surface area (Å²) < 4.78 is 0. The van der Waals surface area contributed by atoms with E-state index < -0.39 is 0 Å². The van der Waals surface area contributed by atoms with Crippen molar-refractivity contribution in [3.05, 3.63) is 0 Å². The molecule has 0 spiro atoms. The Bertz CT molecular complexity index is 249. The van der Waals surface area contributed by atoms with Gasteiger partial charge in [-0.25, -0.2) is 0 Å². The molecule has 0 aromatic carbocycles. The number of nitrogens with zero attached hydrogens (tertiary/aromatic N) is 1. The van der Waals surface area contributed by atoms with E-state index >= 15 is 0 Å². The van der Waals surface area contributed by atoms with E-state index in [9.17, 15) is 4.79 Å². The lowest BCUT2D eigenvalue weighted by Crippen LogP contribution is -2.43. The van der Waals surface area contributed by atoms with Gasteiger partial charge in [0.1, 0.15) is 5.78 Å². The molecule has 2 heteroatoms. The zero-order valence-corrected chi connectivity index (χ0v) is 12.2. The topological polar surface area (TPSA) is 20.3 Å². The van der Waals surface area contributed by atoms with Crippen LogP contribution >= 0.6 is 0 Å². The first kappa shape index (κ1) is 14.7. The summed E-state index contributed by atoms with van der Waals surface area (Å²) in [6, 6.07) is 0.550. The predicted octanol–water partition coefficient (Wildman–Crippen LogP) is 3.36. The van der Waals surface area contributed by atoms with Crippen LogP contribution < -0.4 is 0 Å². The van der Waals surface area contributed by atoms with Gasteiger partial charge in [-0.3, -0.25) is 4.79 Å². The number of carbonyl (C=O) groups excluding carboxylic acids is 1. The SMILES string of the molecule is CCCN(CC1C(=O)CC(C)CC1C)C(C)C. The van der Waals surface area contributed by atoms with E-state index in [2.05, 4.69) is 39.5 Å². The maximum atomic E-state index is 12.2. The number of rotatable bonds is 5. The quantitative estimate of drug-likeness (QED) is 0.733. The average molecular weight is 239 g/mol. The van der Waals surface area contributed by atoms with Gasteiger partial charge in [-0.05, 0) is 45.1 Å². The molecule has 0 heterocycles. The van der Waals surface area contributed by atoms with Crippen LogP contribution in [0.4, 0.5) is 0 Å². The van der Waals surface area contributed by atoms with Gasteiger partial charge < -0.3 is 4.90 Å². The molecule has 100 valence electrons. The van der Waals surface area contributed by atoms with Crippen molar-refractivity contribution in [2.24, 2.45) is 17.8 Å². The molecule has 0 aliphatic heterocycles. The monoisotopic (exact) mass is 239 g/mol. The third-order valence-electron chi connectivity index (χ3n) is 4.10. The summed E-state index contributed by atoms with van der Waals surface area (Å²) in [6.45, 7) is 13.2. The lowest BCUT2D eigenvalue weighted by Gasteiger charge is -2.36. The van der Waals surface area contributed by atoms with Gasteiger partial charge in [0.25, 0.3) is 0 Å². The molecule has 0 radical (unpaired) electrons. The molecule has 0 N–H and O–H groups in total. The summed E-state index contributed by atoms with van der Waals surface area (Å²) in [5, 5.41) is 0. The fourth-order valence-corrected chi connectivity index (χ4v) is 3.08. The maximum Gasteiger partial charge on any atom is 0.137 e. The summed E-state index contributed by atoms with van der Waals surface area (Å²) >= 11 is 0. The molecule has 0 amide bonds. The Hall–Kier alpha value is -0.370. The van der Waals surface area contributed by atoms with Crippen LogP contribution in [0.3, 0.4) is 0 Å². The Morgan fingerprint density at radius 1 is 1.35 bits per heavy atom. The molecule has 0 saturated heterocycles. The van der Waals surface area contributed by atoms with Gasteiger partial charge >= 0.3 is 0 Å². The molecule has 1 rings (SSSR count). The zero-order valence-electron chi connectivity index (χ0n) is 12.2. The fourth-order valence-electron chi connectivity index (χ4n) is 3.08. The largest absolute Gasteiger partial charge is 0.300 e. The zero-order chi connectivity index (χ0) is 13.0. The third kappa shape index (κ3) is 4.09. The highest BCUT2D eigenvalue weighted by Gasteiger charge is 2.33. The minimum absolute atomic E-state index is 0.278. The van der Waals surface area contributed by atoms with Crippen LogP contribution in [0.1, 0.15) is 53.9 Å². The third-order valence-corrected chi connectivity index (χ3v) is 4.10. The molecule has 0 aromatic rings. The minimum Gasteiger partial charge on any atom is -0.300 e. The highest BCUT2D eigenvalue weighted by atomic mass is 16.1. The van der Waals surface area contributed by atoms with Crippen molar-refractivity contribution >= 4 is 5.78 Å². The molecular weight excluding hydrogens is 210 g/mol. The second-order valence-corrected chi connectivity index (χ2v) is 6.18. The highest BCUT2D eigenvalue weighted by Crippen LogP contribution is 2.31. The van der Waals surface area contributed by atoms with E-state index in [1.807, 2.05) is 0 Å². The summed E-state index contributed by atoms with van der Waals surface area (Å²) in [6.07, 6.45) is 3.19. The second kappa shape index (κ2) is 6.53. The number of ketones is 1. The van der Waals surface area contributed by atoms with Crippen molar-refractivity contribution in [1.29, 1.82) is 0 Å². The Labute approximate surface area is 107 Å². The van der Waals surface area contributed by atoms with Crippen LogP contribution in [-0.2, 0) is 4.79 Å². The van der Waals surface area contributed by atoms with E-state index in [0.29, 0.717) is 23.7 Å². The number of carbonyl (C=O) groups is 1. The number of hydrogen-bond acceptors (Lipinski definition) is 2. The van der Waals surface area contributed by atoms with Gasteiger partial charge in [0.05, 0.1) is 0 Å². The Kier molecular flexibility index (Phi) is 5.64. The van der Waals surface area contributed by atoms with Gasteiger partial charge in [-0.1, -0.05) is 20.8 Å². The van der Waals surface area contributed by atoms with Crippen LogP contribution in [0, 0.1) is 17.8 Å². The molecule has 0 bridgehead atoms. The van der Waals surface area contributed by atoms with Crippen molar-refractivity contribution in [1.82, 2.24) is 4.90 Å². The Morgan fingerprint density at radius 2 is 2.00 bits per heavy atom. The lowest BCUT2D eigenvalue weighted by atomic mass is 9.74. The fraction of sp³-hybridized carbons (Fsp3) is 0.933. The molecule has 1 fully saturated rings. The van der Waals surface area contributed by atoms with E-state index in [4.69, 9.17) is 0 Å². The first-order chi connectivity index (χ1) is 7.95. The Morgan fingerprint density at radius 3 is 2.47 bits per heavy atom. The number of Topliss-reactive ketones (excluding diaryl/α,β-unsaturated/α-hetero) is 1. The molecule has 2 nitrogen and oxygen atoms in total. The van der Waals surface area contributed by atoms with Gasteiger partial charge in [0.15, 0.2) is 0 Å². The average Bonchev–Trinajstić information content (AvgIpc) is 2.21. The molecule has 3 unspecified atom stereocenters. The summed E-state index contributed by atoms with van der Waals surface area (Å²) in [4.78, 5) is 14.6. The maximum absolute atomic E-state index is 12.2. The summed E-state index contributed by atoms with van der Waals surface area (Å²) in [5.41, 5.74) is 0. The van der Waals surface area contributed by atoms with Crippen LogP contribution in [0.15, 0.2) is 0 Å². The van der Waals surface area contributed by atoms with Crippen molar-refractivity contribution in [3.8, 4) is 0 Å². The van der Waals surface area contributed by atoms with Crippen molar-refractivity contribution in [3.63, 3.8) is 0 Å². The predicted molar refractivity (Wildman–Crippen MR) is 73.1 cm³/mol. The Balaban J connectivity index is 2.61. The van der Waals surface area contributed by atoms with Gasteiger partial charge in [0.2, 0.25) is 0 Å². The van der Waals surface area contributed by atoms with Crippen molar-refractivity contribution in [2.75, 3.05) is 13.1 Å². The van der Waals surface area contributed by atoms with Crippen molar-refractivity contribution < 1.29 is 4.79 Å². The van der Waals surface area contributed by atoms with Gasteiger partial charge in [-0.2, -0.15) is 0 Å². The lowest BCUT2D eigenvalue weighted by molar-refractivity contribution is -0.128. The highest BCUT2D eigenvalue weighted by molar-refractivity contribution is 5.82. The van der Waals surface area contributed by atoms with E-state index in [0.717, 1.165) is 19.5 Å². The van der Waals surface area contributed by atoms with E-state index in [1.54, 1.807) is 0 Å². The molecule has 3 atom stereocenters. The molecule has 1 aliphatic rings. The van der Waals surface area contributed by atoms with Gasteiger partial charge in [0, 0.05) is 24.9 Å². The molecular formula is C15H29NO.